The first-order valence-electron chi connectivity index (χ1n) is 5.60. The zero-order valence-electron chi connectivity index (χ0n) is 10.1. The van der Waals surface area contributed by atoms with Gasteiger partial charge in [-0.3, -0.25) is 0 Å². The summed E-state index contributed by atoms with van der Waals surface area (Å²) in [6.07, 6.45) is -0.693. The molecule has 0 saturated carbocycles. The molecular formula is C13H18O4. The molecule has 0 aliphatic rings. The standard InChI is InChI=1S/C13H18O4/c1-3-11(14)13(2,12(15)16)17-9-10-7-5-4-6-8-10/h4-8,11,14H,3,9H2,1-2H3,(H,15,16)/t11?,13-/m1/s1. The predicted molar refractivity (Wildman–Crippen MR) is 63.6 cm³/mol. The summed E-state index contributed by atoms with van der Waals surface area (Å²) in [7, 11) is 0. The SMILES string of the molecule is CCC(O)[C@@](C)(OCc1ccccc1)C(=O)O. The fourth-order valence-electron chi connectivity index (χ4n) is 1.50. The number of aliphatic hydroxyl groups is 1. The molecule has 0 aromatic heterocycles. The Morgan fingerprint density at radius 1 is 1.41 bits per heavy atom. The lowest BCUT2D eigenvalue weighted by Gasteiger charge is -2.29. The van der Waals surface area contributed by atoms with Gasteiger partial charge in [0.25, 0.3) is 0 Å². The topological polar surface area (TPSA) is 66.8 Å². The number of hydrogen-bond acceptors (Lipinski definition) is 3. The lowest BCUT2D eigenvalue weighted by atomic mass is 9.97. The zero-order chi connectivity index (χ0) is 12.9. The van der Waals surface area contributed by atoms with E-state index in [4.69, 9.17) is 9.84 Å². The van der Waals surface area contributed by atoms with E-state index in [1.54, 1.807) is 6.92 Å². The first kappa shape index (κ1) is 13.7. The van der Waals surface area contributed by atoms with E-state index in [1.165, 1.54) is 6.92 Å². The molecule has 0 aliphatic carbocycles. The summed E-state index contributed by atoms with van der Waals surface area (Å²) >= 11 is 0. The Kier molecular flexibility index (Phi) is 4.66. The zero-order valence-corrected chi connectivity index (χ0v) is 10.1. The molecule has 0 saturated heterocycles. The lowest BCUT2D eigenvalue weighted by molar-refractivity contribution is -0.182. The number of rotatable bonds is 6. The highest BCUT2D eigenvalue weighted by atomic mass is 16.5. The van der Waals surface area contributed by atoms with Crippen molar-refractivity contribution in [3.05, 3.63) is 35.9 Å². The van der Waals surface area contributed by atoms with Crippen LogP contribution in [0.3, 0.4) is 0 Å². The number of aliphatic hydroxyl groups excluding tert-OH is 1. The first-order chi connectivity index (χ1) is 8.00. The molecule has 2 atom stereocenters. The maximum absolute atomic E-state index is 11.2. The lowest BCUT2D eigenvalue weighted by Crippen LogP contribution is -2.48. The molecule has 0 radical (unpaired) electrons. The molecule has 1 aromatic carbocycles. The van der Waals surface area contributed by atoms with Crippen LogP contribution in [0.4, 0.5) is 0 Å². The minimum Gasteiger partial charge on any atom is -0.479 e. The molecule has 1 rings (SSSR count). The van der Waals surface area contributed by atoms with Crippen molar-refractivity contribution in [2.45, 2.75) is 38.6 Å². The largest absolute Gasteiger partial charge is 0.479 e. The van der Waals surface area contributed by atoms with Gasteiger partial charge < -0.3 is 14.9 Å². The third-order valence-corrected chi connectivity index (χ3v) is 2.83. The van der Waals surface area contributed by atoms with Crippen LogP contribution in [-0.2, 0) is 16.1 Å². The average Bonchev–Trinajstić information content (AvgIpc) is 2.35. The van der Waals surface area contributed by atoms with Gasteiger partial charge in [0.15, 0.2) is 5.60 Å². The summed E-state index contributed by atoms with van der Waals surface area (Å²) in [5, 5.41) is 18.8. The Balaban J connectivity index is 2.72. The Hall–Kier alpha value is -1.39. The van der Waals surface area contributed by atoms with Crippen LogP contribution in [0.15, 0.2) is 30.3 Å². The molecule has 0 aliphatic heterocycles. The summed E-state index contributed by atoms with van der Waals surface area (Å²) in [5.74, 6) is -1.15. The summed E-state index contributed by atoms with van der Waals surface area (Å²) in [4.78, 5) is 11.2. The second-order valence-corrected chi connectivity index (χ2v) is 4.11. The van der Waals surface area contributed by atoms with Gasteiger partial charge in [-0.1, -0.05) is 37.3 Å². The highest BCUT2D eigenvalue weighted by Gasteiger charge is 2.41. The van der Waals surface area contributed by atoms with Crippen LogP contribution < -0.4 is 0 Å². The van der Waals surface area contributed by atoms with Crippen LogP contribution in [0.5, 0.6) is 0 Å². The Morgan fingerprint density at radius 3 is 2.47 bits per heavy atom. The maximum Gasteiger partial charge on any atom is 0.338 e. The van der Waals surface area contributed by atoms with Crippen LogP contribution in [-0.4, -0.2) is 27.9 Å². The van der Waals surface area contributed by atoms with E-state index in [1.807, 2.05) is 30.3 Å². The maximum atomic E-state index is 11.2. The molecule has 0 fully saturated rings. The minimum absolute atomic E-state index is 0.167. The van der Waals surface area contributed by atoms with Gasteiger partial charge in [0.2, 0.25) is 0 Å². The third-order valence-electron chi connectivity index (χ3n) is 2.83. The number of ether oxygens (including phenoxy) is 1. The van der Waals surface area contributed by atoms with E-state index in [9.17, 15) is 9.90 Å². The highest BCUT2D eigenvalue weighted by molar-refractivity contribution is 5.77. The summed E-state index contributed by atoms with van der Waals surface area (Å²) in [5.41, 5.74) is -0.687. The van der Waals surface area contributed by atoms with E-state index in [0.29, 0.717) is 6.42 Å². The fourth-order valence-corrected chi connectivity index (χ4v) is 1.50. The van der Waals surface area contributed by atoms with Gasteiger partial charge in [-0.2, -0.15) is 0 Å². The van der Waals surface area contributed by atoms with Crippen molar-refractivity contribution in [2.24, 2.45) is 0 Å². The second kappa shape index (κ2) is 5.80. The molecule has 2 N–H and O–H groups in total. The highest BCUT2D eigenvalue weighted by Crippen LogP contribution is 2.21. The number of carbonyl (C=O) groups is 1. The van der Waals surface area contributed by atoms with Gasteiger partial charge in [-0.15, -0.1) is 0 Å². The van der Waals surface area contributed by atoms with E-state index in [0.717, 1.165) is 5.56 Å². The molecule has 0 bridgehead atoms. The number of aliphatic carboxylic acids is 1. The number of carboxylic acid groups (broad SMARTS) is 1. The van der Waals surface area contributed by atoms with Crippen molar-refractivity contribution < 1.29 is 19.7 Å². The van der Waals surface area contributed by atoms with Crippen molar-refractivity contribution in [1.82, 2.24) is 0 Å². The van der Waals surface area contributed by atoms with Crippen LogP contribution >= 0.6 is 0 Å². The van der Waals surface area contributed by atoms with E-state index >= 15 is 0 Å². The van der Waals surface area contributed by atoms with Gasteiger partial charge in [0.05, 0.1) is 12.7 Å². The summed E-state index contributed by atoms with van der Waals surface area (Å²) < 4.78 is 5.38. The smallest absolute Gasteiger partial charge is 0.338 e. The molecule has 94 valence electrons. The van der Waals surface area contributed by atoms with E-state index in [2.05, 4.69) is 0 Å². The molecule has 4 heteroatoms. The minimum atomic E-state index is -1.56. The van der Waals surface area contributed by atoms with Crippen LogP contribution in [0, 0.1) is 0 Å². The monoisotopic (exact) mass is 238 g/mol. The number of carboxylic acids is 1. The van der Waals surface area contributed by atoms with Crippen molar-refractivity contribution in [3.8, 4) is 0 Å². The quantitative estimate of drug-likeness (QED) is 0.793. The van der Waals surface area contributed by atoms with Gasteiger partial charge in [-0.25, -0.2) is 4.79 Å². The molecule has 0 spiro atoms. The van der Waals surface area contributed by atoms with Gasteiger partial charge in [0, 0.05) is 0 Å². The Morgan fingerprint density at radius 2 is 2.00 bits per heavy atom. The predicted octanol–water partition coefficient (Wildman–Crippen LogP) is 1.82. The van der Waals surface area contributed by atoms with Crippen molar-refractivity contribution in [1.29, 1.82) is 0 Å². The van der Waals surface area contributed by atoms with E-state index < -0.39 is 17.7 Å². The Bertz CT molecular complexity index is 363. The second-order valence-electron chi connectivity index (χ2n) is 4.11. The summed E-state index contributed by atoms with van der Waals surface area (Å²) in [6.45, 7) is 3.28. The van der Waals surface area contributed by atoms with E-state index in [-0.39, 0.29) is 6.61 Å². The molecule has 1 unspecified atom stereocenters. The normalized spacial score (nSPS) is 16.2. The van der Waals surface area contributed by atoms with Gasteiger partial charge in [-0.05, 0) is 18.9 Å². The first-order valence-corrected chi connectivity index (χ1v) is 5.60. The fraction of sp³-hybridized carbons (Fsp3) is 0.462. The number of benzene rings is 1. The van der Waals surface area contributed by atoms with Crippen molar-refractivity contribution in [3.63, 3.8) is 0 Å². The summed E-state index contributed by atoms with van der Waals surface area (Å²) in [6, 6.07) is 9.28. The molecule has 1 aromatic rings. The molecular weight excluding hydrogens is 220 g/mol. The van der Waals surface area contributed by atoms with Crippen molar-refractivity contribution >= 4 is 5.97 Å². The van der Waals surface area contributed by atoms with Gasteiger partial charge in [0.1, 0.15) is 0 Å². The van der Waals surface area contributed by atoms with Crippen LogP contribution in [0.25, 0.3) is 0 Å². The average molecular weight is 238 g/mol. The third kappa shape index (κ3) is 3.28. The molecule has 0 amide bonds. The van der Waals surface area contributed by atoms with Crippen molar-refractivity contribution in [2.75, 3.05) is 0 Å². The number of hydrogen-bond donors (Lipinski definition) is 2. The molecule has 0 heterocycles. The van der Waals surface area contributed by atoms with Gasteiger partial charge >= 0.3 is 5.97 Å². The van der Waals surface area contributed by atoms with Crippen LogP contribution in [0.2, 0.25) is 0 Å². The molecule has 17 heavy (non-hydrogen) atoms. The Labute approximate surface area is 101 Å². The molecule has 4 nitrogen and oxygen atoms in total. The van der Waals surface area contributed by atoms with Crippen LogP contribution in [0.1, 0.15) is 25.8 Å².